The van der Waals surface area contributed by atoms with E-state index < -0.39 is 17.1 Å². The lowest BCUT2D eigenvalue weighted by Crippen LogP contribution is -2.35. The van der Waals surface area contributed by atoms with Gasteiger partial charge in [0.1, 0.15) is 5.22 Å². The summed E-state index contributed by atoms with van der Waals surface area (Å²) in [6.45, 7) is 0. The van der Waals surface area contributed by atoms with Crippen LogP contribution in [-0.2, 0) is 0 Å². The second-order valence-corrected chi connectivity index (χ2v) is 2.26. The first-order valence-corrected chi connectivity index (χ1v) is 3.25. The molecule has 66 valence electrons. The Morgan fingerprint density at radius 2 is 2.23 bits per heavy atom. The van der Waals surface area contributed by atoms with Crippen LogP contribution in [0.15, 0.2) is 15.0 Å². The van der Waals surface area contributed by atoms with E-state index in [0.29, 0.717) is 0 Å². The number of azo groups is 1. The fourth-order valence-electron chi connectivity index (χ4n) is 0.894. The predicted octanol–water partition coefficient (Wildman–Crippen LogP) is -0.390. The Kier molecular flexibility index (Phi) is 1.51. The molecule has 0 bridgehead atoms. The Bertz CT molecular complexity index is 555. The van der Waals surface area contributed by atoms with Crippen molar-refractivity contribution in [2.75, 3.05) is 0 Å². The number of rotatable bonds is 0. The van der Waals surface area contributed by atoms with Gasteiger partial charge in [0.25, 0.3) is 5.56 Å². The van der Waals surface area contributed by atoms with Crippen LogP contribution in [0, 0.1) is 0 Å². The van der Waals surface area contributed by atoms with E-state index in [-0.39, 0.29) is 11.0 Å². The highest BCUT2D eigenvalue weighted by Gasteiger charge is 2.07. The molecule has 0 fully saturated rings. The minimum absolute atomic E-state index is 0.0773. The molecule has 0 saturated heterocycles. The molecule has 0 aromatic carbocycles. The standard InChI is InChI=1S/C6H2F2N4O/c7-3(8)5-10-4-2(1-9-12-4)6(13)11-5/h1H,(H,11,13). The van der Waals surface area contributed by atoms with Crippen molar-refractivity contribution in [1.82, 2.24) is 9.97 Å². The van der Waals surface area contributed by atoms with Crippen molar-refractivity contribution in [2.24, 2.45) is 10.2 Å². The molecule has 1 aromatic rings. The quantitative estimate of drug-likeness (QED) is 0.596. The average molecular weight is 184 g/mol. The van der Waals surface area contributed by atoms with E-state index in [1.807, 2.05) is 4.98 Å². The number of nitrogens with one attached hydrogen (secondary N) is 1. The lowest BCUT2D eigenvalue weighted by molar-refractivity contribution is 0.532. The minimum atomic E-state index is -2.05. The van der Waals surface area contributed by atoms with Gasteiger partial charge in [-0.25, -0.2) is 4.98 Å². The molecule has 0 saturated carbocycles. The van der Waals surface area contributed by atoms with Crippen LogP contribution in [0.3, 0.4) is 0 Å². The highest BCUT2D eigenvalue weighted by Crippen LogP contribution is 2.01. The number of halogens is 2. The summed E-state index contributed by atoms with van der Waals surface area (Å²) in [4.78, 5) is 16.3. The van der Waals surface area contributed by atoms with E-state index in [2.05, 4.69) is 15.2 Å². The SMILES string of the molecule is O=c1[nH]c(=C(F)F)nc2c1=CN=N2. The van der Waals surface area contributed by atoms with Gasteiger partial charge in [0.15, 0.2) is 5.82 Å². The normalized spacial score (nSPS) is 12.5. The maximum atomic E-state index is 12.0. The number of hydrogen-bond acceptors (Lipinski definition) is 4. The molecule has 2 rings (SSSR count). The molecular weight excluding hydrogens is 182 g/mol. The molecule has 1 aromatic heterocycles. The zero-order valence-electron chi connectivity index (χ0n) is 6.08. The zero-order valence-corrected chi connectivity index (χ0v) is 6.08. The van der Waals surface area contributed by atoms with Gasteiger partial charge in [-0.05, 0) is 0 Å². The van der Waals surface area contributed by atoms with Crippen LogP contribution >= 0.6 is 0 Å². The summed E-state index contributed by atoms with van der Waals surface area (Å²) in [5.41, 5.74) is -1.43. The third-order valence-corrected chi connectivity index (χ3v) is 1.45. The molecule has 7 heteroatoms. The molecule has 5 nitrogen and oxygen atoms in total. The van der Waals surface area contributed by atoms with E-state index in [9.17, 15) is 13.6 Å². The van der Waals surface area contributed by atoms with Crippen LogP contribution in [0.2, 0.25) is 0 Å². The van der Waals surface area contributed by atoms with Crippen molar-refractivity contribution in [2.45, 2.75) is 0 Å². The van der Waals surface area contributed by atoms with E-state index in [4.69, 9.17) is 0 Å². The van der Waals surface area contributed by atoms with Crippen molar-refractivity contribution in [3.63, 3.8) is 0 Å². The first kappa shape index (κ1) is 7.71. The van der Waals surface area contributed by atoms with Crippen molar-refractivity contribution >= 4 is 18.1 Å². The fraction of sp³-hybridized carbons (Fsp3) is 0. The van der Waals surface area contributed by atoms with Crippen molar-refractivity contribution in [3.8, 4) is 0 Å². The third-order valence-electron chi connectivity index (χ3n) is 1.45. The number of hydrogen-bond donors (Lipinski definition) is 1. The van der Waals surface area contributed by atoms with Crippen molar-refractivity contribution < 1.29 is 8.78 Å². The molecular formula is C6H2F2N4O. The monoisotopic (exact) mass is 184 g/mol. The van der Waals surface area contributed by atoms with Gasteiger partial charge in [-0.3, -0.25) is 4.79 Å². The van der Waals surface area contributed by atoms with Crippen LogP contribution in [0.5, 0.6) is 0 Å². The average Bonchev–Trinajstić information content (AvgIpc) is 2.51. The lowest BCUT2D eigenvalue weighted by Gasteiger charge is -1.87. The summed E-state index contributed by atoms with van der Waals surface area (Å²) in [6.07, 6.45) is -0.886. The van der Waals surface area contributed by atoms with Gasteiger partial charge >= 0.3 is 6.08 Å². The van der Waals surface area contributed by atoms with Gasteiger partial charge in [0, 0.05) is 0 Å². The molecule has 1 N–H and O–H groups in total. The van der Waals surface area contributed by atoms with Gasteiger partial charge in [0.05, 0.1) is 6.20 Å². The van der Waals surface area contributed by atoms with Crippen LogP contribution < -0.4 is 16.3 Å². The molecule has 1 aliphatic heterocycles. The topological polar surface area (TPSA) is 70.5 Å². The van der Waals surface area contributed by atoms with E-state index in [1.54, 1.807) is 0 Å². The predicted molar refractivity (Wildman–Crippen MR) is 38.7 cm³/mol. The largest absolute Gasteiger partial charge is 0.312 e. The third kappa shape index (κ3) is 1.13. The highest BCUT2D eigenvalue weighted by molar-refractivity contribution is 5.40. The van der Waals surface area contributed by atoms with Crippen LogP contribution in [0.25, 0.3) is 12.3 Å². The molecule has 0 aliphatic carbocycles. The second kappa shape index (κ2) is 2.54. The first-order valence-electron chi connectivity index (χ1n) is 3.25. The molecule has 0 atom stereocenters. The number of H-pyrrole nitrogens is 1. The number of aromatic amines is 1. The lowest BCUT2D eigenvalue weighted by atomic mass is 10.4. The molecule has 0 spiro atoms. The summed E-state index contributed by atoms with van der Waals surface area (Å²) in [5, 5.41) is 6.87. The van der Waals surface area contributed by atoms with Crippen LogP contribution in [0.1, 0.15) is 0 Å². The Hall–Kier alpha value is -1.92. The summed E-state index contributed by atoms with van der Waals surface area (Å²) in [6, 6.07) is 0. The maximum Gasteiger partial charge on any atom is 0.312 e. The summed E-state index contributed by atoms with van der Waals surface area (Å²) < 4.78 is 24.0. The van der Waals surface area contributed by atoms with Gasteiger partial charge in [-0.1, -0.05) is 0 Å². The van der Waals surface area contributed by atoms with Crippen molar-refractivity contribution in [3.05, 3.63) is 21.1 Å². The van der Waals surface area contributed by atoms with E-state index in [0.717, 1.165) is 0 Å². The smallest absolute Gasteiger partial charge is 0.302 e. The highest BCUT2D eigenvalue weighted by atomic mass is 19.3. The van der Waals surface area contributed by atoms with Gasteiger partial charge < -0.3 is 4.98 Å². The molecule has 1 aliphatic rings. The maximum absolute atomic E-state index is 12.0. The van der Waals surface area contributed by atoms with E-state index >= 15 is 0 Å². The second-order valence-electron chi connectivity index (χ2n) is 2.26. The number of fused-ring (bicyclic) bond motifs is 1. The fourth-order valence-corrected chi connectivity index (χ4v) is 0.894. The van der Waals surface area contributed by atoms with Gasteiger partial charge in [0.2, 0.25) is 5.48 Å². The number of nitrogens with zero attached hydrogens (tertiary/aromatic N) is 3. The Balaban J connectivity index is 2.96. The molecule has 0 unspecified atom stereocenters. The van der Waals surface area contributed by atoms with Crippen molar-refractivity contribution in [1.29, 1.82) is 0 Å². The van der Waals surface area contributed by atoms with Crippen LogP contribution in [0.4, 0.5) is 14.6 Å². The Morgan fingerprint density at radius 1 is 1.46 bits per heavy atom. The molecule has 0 radical (unpaired) electrons. The Labute approximate surface area is 69.2 Å². The van der Waals surface area contributed by atoms with Gasteiger partial charge in [-0.15, -0.1) is 5.11 Å². The summed E-state index contributed by atoms with van der Waals surface area (Å²) in [5.74, 6) is -0.0773. The summed E-state index contributed by atoms with van der Waals surface area (Å²) in [7, 11) is 0. The summed E-state index contributed by atoms with van der Waals surface area (Å²) >= 11 is 0. The number of aromatic nitrogens is 2. The zero-order chi connectivity index (χ0) is 9.42. The Morgan fingerprint density at radius 3 is 2.92 bits per heavy atom. The minimum Gasteiger partial charge on any atom is -0.302 e. The van der Waals surface area contributed by atoms with Crippen LogP contribution in [-0.4, -0.2) is 9.97 Å². The molecule has 13 heavy (non-hydrogen) atoms. The van der Waals surface area contributed by atoms with E-state index in [1.165, 1.54) is 6.20 Å². The molecule has 0 amide bonds. The van der Waals surface area contributed by atoms with Gasteiger partial charge in [-0.2, -0.15) is 13.9 Å². The molecule has 2 heterocycles. The first-order chi connectivity index (χ1) is 6.18.